The van der Waals surface area contributed by atoms with Gasteiger partial charge in [-0.3, -0.25) is 19.2 Å². The minimum atomic E-state index is -1.03. The van der Waals surface area contributed by atoms with Crippen molar-refractivity contribution in [3.8, 4) is 0 Å². The summed E-state index contributed by atoms with van der Waals surface area (Å²) in [5.41, 5.74) is 0. The van der Waals surface area contributed by atoms with Gasteiger partial charge in [-0.05, 0) is 0 Å². The summed E-state index contributed by atoms with van der Waals surface area (Å²) in [6, 6.07) is 0. The standard InChI is InChI=1S/2C4H7NO3.Cu.H2O/c2*1-3(6)5-2-4(7)8;;/h2*2H2,1H3,(H,5,6)(H,7,8);;1H2. The quantitative estimate of drug-likeness (QED) is 0.422. The SMILES string of the molecule is CC(=O)NCC(=O)O.CC(=O)NCC(=O)O.O.[Cu]. The summed E-state index contributed by atoms with van der Waals surface area (Å²) in [5.74, 6) is -2.71. The van der Waals surface area contributed by atoms with Gasteiger partial charge in [0.1, 0.15) is 13.1 Å². The minimum Gasteiger partial charge on any atom is -0.480 e. The van der Waals surface area contributed by atoms with Crippen molar-refractivity contribution in [1.29, 1.82) is 0 Å². The first-order valence-corrected chi connectivity index (χ1v) is 4.18. The van der Waals surface area contributed by atoms with Crippen LogP contribution in [-0.2, 0) is 36.2 Å². The van der Waals surface area contributed by atoms with Gasteiger partial charge in [0.05, 0.1) is 0 Å². The van der Waals surface area contributed by atoms with Crippen molar-refractivity contribution < 1.29 is 51.9 Å². The molecule has 0 aromatic heterocycles. The van der Waals surface area contributed by atoms with Crippen LogP contribution in [0.5, 0.6) is 0 Å². The van der Waals surface area contributed by atoms with E-state index < -0.39 is 11.9 Å². The molecule has 1 radical (unpaired) electrons. The molecule has 10 heteroatoms. The Morgan fingerprint density at radius 2 is 1.06 bits per heavy atom. The van der Waals surface area contributed by atoms with Crippen molar-refractivity contribution in [3.05, 3.63) is 0 Å². The molecule has 2 amide bonds. The molecule has 0 saturated carbocycles. The number of aliphatic carboxylic acids is 2. The van der Waals surface area contributed by atoms with Gasteiger partial charge in [0.15, 0.2) is 0 Å². The third-order valence-corrected chi connectivity index (χ3v) is 0.977. The van der Waals surface area contributed by atoms with E-state index in [2.05, 4.69) is 10.6 Å². The van der Waals surface area contributed by atoms with Gasteiger partial charge in [-0.15, -0.1) is 0 Å². The second kappa shape index (κ2) is 15.4. The van der Waals surface area contributed by atoms with Crippen LogP contribution < -0.4 is 10.6 Å². The molecule has 0 aliphatic rings. The number of amides is 2. The van der Waals surface area contributed by atoms with Crippen LogP contribution in [0.3, 0.4) is 0 Å². The molecule has 0 atom stereocenters. The van der Waals surface area contributed by atoms with E-state index in [-0.39, 0.29) is 47.4 Å². The van der Waals surface area contributed by atoms with E-state index in [1.54, 1.807) is 0 Å². The number of carboxylic acids is 2. The number of carboxylic acid groups (broad SMARTS) is 2. The van der Waals surface area contributed by atoms with Gasteiger partial charge in [0.25, 0.3) is 0 Å². The fourth-order valence-corrected chi connectivity index (χ4v) is 0.400. The molecule has 0 saturated heterocycles. The molecule has 111 valence electrons. The van der Waals surface area contributed by atoms with Gasteiger partial charge >= 0.3 is 11.9 Å². The predicted molar refractivity (Wildman–Crippen MR) is 56.3 cm³/mol. The summed E-state index contributed by atoms with van der Waals surface area (Å²) < 4.78 is 0. The number of hydrogen-bond acceptors (Lipinski definition) is 4. The van der Waals surface area contributed by atoms with E-state index in [1.807, 2.05) is 0 Å². The zero-order valence-electron chi connectivity index (χ0n) is 9.74. The zero-order valence-corrected chi connectivity index (χ0v) is 10.7. The van der Waals surface area contributed by atoms with Gasteiger partial charge in [-0.25, -0.2) is 0 Å². The Labute approximate surface area is 114 Å². The largest absolute Gasteiger partial charge is 0.480 e. The molecule has 0 unspecified atom stereocenters. The molecule has 9 nitrogen and oxygen atoms in total. The van der Waals surface area contributed by atoms with Gasteiger partial charge in [0, 0.05) is 30.9 Å². The molecule has 0 spiro atoms. The Hall–Kier alpha value is -1.64. The monoisotopic (exact) mass is 315 g/mol. The second-order valence-electron chi connectivity index (χ2n) is 2.61. The maximum absolute atomic E-state index is 9.97. The Morgan fingerprint density at radius 3 is 1.11 bits per heavy atom. The Bertz CT molecular complexity index is 227. The number of carbonyl (C=O) groups excluding carboxylic acids is 2. The van der Waals surface area contributed by atoms with E-state index in [0.29, 0.717) is 0 Å². The zero-order chi connectivity index (χ0) is 13.1. The van der Waals surface area contributed by atoms with Gasteiger partial charge in [-0.1, -0.05) is 0 Å². The molecular weight excluding hydrogens is 300 g/mol. The molecule has 0 bridgehead atoms. The number of rotatable bonds is 4. The number of hydrogen-bond donors (Lipinski definition) is 4. The first-order chi connectivity index (χ1) is 7.25. The minimum absolute atomic E-state index is 0. The summed E-state index contributed by atoms with van der Waals surface area (Å²) in [7, 11) is 0. The fraction of sp³-hybridized carbons (Fsp3) is 0.500. The molecule has 0 rings (SSSR count). The average Bonchev–Trinajstić information content (AvgIpc) is 2.12. The Kier molecular flexibility index (Phi) is 21.6. The topological polar surface area (TPSA) is 164 Å². The van der Waals surface area contributed by atoms with E-state index in [4.69, 9.17) is 10.2 Å². The third kappa shape index (κ3) is 36.7. The van der Waals surface area contributed by atoms with Crippen LogP contribution in [0.1, 0.15) is 13.8 Å². The van der Waals surface area contributed by atoms with Crippen LogP contribution in [0.2, 0.25) is 0 Å². The summed E-state index contributed by atoms with van der Waals surface area (Å²) in [5, 5.41) is 20.1. The van der Waals surface area contributed by atoms with Crippen molar-refractivity contribution in [1.82, 2.24) is 10.6 Å². The van der Waals surface area contributed by atoms with Gasteiger partial charge in [-0.2, -0.15) is 0 Å². The van der Waals surface area contributed by atoms with Crippen molar-refractivity contribution in [2.45, 2.75) is 13.8 Å². The van der Waals surface area contributed by atoms with Gasteiger partial charge < -0.3 is 26.3 Å². The molecule has 0 aliphatic carbocycles. The molecule has 0 aromatic carbocycles. The molecule has 0 aromatic rings. The first-order valence-electron chi connectivity index (χ1n) is 4.18. The van der Waals surface area contributed by atoms with E-state index >= 15 is 0 Å². The van der Waals surface area contributed by atoms with Crippen LogP contribution in [-0.4, -0.2) is 52.5 Å². The van der Waals surface area contributed by atoms with Crippen LogP contribution in [0.15, 0.2) is 0 Å². The number of carbonyl (C=O) groups is 4. The van der Waals surface area contributed by atoms with Crippen molar-refractivity contribution >= 4 is 23.8 Å². The maximum Gasteiger partial charge on any atom is 0.322 e. The van der Waals surface area contributed by atoms with Crippen LogP contribution in [0, 0.1) is 0 Å². The van der Waals surface area contributed by atoms with Crippen LogP contribution >= 0.6 is 0 Å². The normalized spacial score (nSPS) is 7.22. The van der Waals surface area contributed by atoms with Crippen LogP contribution in [0.4, 0.5) is 0 Å². The summed E-state index contributed by atoms with van der Waals surface area (Å²) in [4.78, 5) is 39.3. The molecule has 0 heterocycles. The predicted octanol–water partition coefficient (Wildman–Crippen LogP) is -2.41. The average molecular weight is 316 g/mol. The maximum atomic E-state index is 9.97. The molecule has 18 heavy (non-hydrogen) atoms. The van der Waals surface area contributed by atoms with Crippen molar-refractivity contribution in [2.24, 2.45) is 0 Å². The fourth-order valence-electron chi connectivity index (χ4n) is 0.400. The van der Waals surface area contributed by atoms with Crippen molar-refractivity contribution in [3.63, 3.8) is 0 Å². The molecular formula is C8H16CuN2O7. The summed E-state index contributed by atoms with van der Waals surface area (Å²) in [6.45, 7) is 1.94. The summed E-state index contributed by atoms with van der Waals surface area (Å²) >= 11 is 0. The number of nitrogens with one attached hydrogen (secondary N) is 2. The second-order valence-corrected chi connectivity index (χ2v) is 2.61. The van der Waals surface area contributed by atoms with Gasteiger partial charge in [0.2, 0.25) is 11.8 Å². The smallest absolute Gasteiger partial charge is 0.322 e. The molecule has 0 aliphatic heterocycles. The molecule has 0 fully saturated rings. The first kappa shape index (κ1) is 25.3. The van der Waals surface area contributed by atoms with E-state index in [0.717, 1.165) is 0 Å². The summed E-state index contributed by atoms with van der Waals surface area (Å²) in [6.07, 6.45) is 0. The Balaban J connectivity index is -0.0000000980. The molecule has 6 N–H and O–H groups in total. The van der Waals surface area contributed by atoms with E-state index in [1.165, 1.54) is 13.8 Å². The van der Waals surface area contributed by atoms with Crippen LogP contribution in [0.25, 0.3) is 0 Å². The van der Waals surface area contributed by atoms with E-state index in [9.17, 15) is 19.2 Å². The third-order valence-electron chi connectivity index (χ3n) is 0.977. The van der Waals surface area contributed by atoms with Crippen molar-refractivity contribution in [2.75, 3.05) is 13.1 Å². The Morgan fingerprint density at radius 1 is 0.833 bits per heavy atom.